The lowest BCUT2D eigenvalue weighted by Gasteiger charge is -2.28. The Balaban J connectivity index is 1.82. The minimum Gasteiger partial charge on any atom is -0.339 e. The molecule has 0 radical (unpaired) electrons. The van der Waals surface area contributed by atoms with E-state index in [1.807, 2.05) is 67.4 Å². The highest BCUT2D eigenvalue weighted by Crippen LogP contribution is 2.29. The van der Waals surface area contributed by atoms with Gasteiger partial charge < -0.3 is 4.90 Å². The van der Waals surface area contributed by atoms with E-state index in [9.17, 15) is 9.59 Å². The zero-order valence-electron chi connectivity index (χ0n) is 24.3. The standard InChI is InChI=1S/C34H37ClN4O2/c1-5-24-11-10-12-25(6-2)32(24)39-31(21-23(3)4)29(33(40)37-18-8-7-9-19-37)22-28(34(39)41)30-17-20-38(36-30)27-15-13-26(35)14-16-27/h10-17,20-22H,5-9,18-19H2,1-4H3. The average molecular weight is 569 g/mol. The molecule has 1 aliphatic rings. The normalized spacial score (nSPS) is 13.3. The first-order valence-corrected chi connectivity index (χ1v) is 14.9. The van der Waals surface area contributed by atoms with Gasteiger partial charge in [-0.2, -0.15) is 5.10 Å². The SMILES string of the molecule is CCc1cccc(CC)c1-n1c(C=C(C)C)c(C(=O)N2CCCCC2)cc(-c2ccn(-c3ccc(Cl)cc3)n2)c1=O. The highest BCUT2D eigenvalue weighted by Gasteiger charge is 2.27. The van der Waals surface area contributed by atoms with Crippen molar-refractivity contribution in [3.8, 4) is 22.6 Å². The third-order valence-corrected chi connectivity index (χ3v) is 7.93. The third-order valence-electron chi connectivity index (χ3n) is 7.68. The van der Waals surface area contributed by atoms with Crippen molar-refractivity contribution in [3.05, 3.63) is 104 Å². The molecule has 0 unspecified atom stereocenters. The molecular weight excluding hydrogens is 532 g/mol. The van der Waals surface area contributed by atoms with Crippen LogP contribution in [-0.4, -0.2) is 38.2 Å². The maximum atomic E-state index is 14.6. The van der Waals surface area contributed by atoms with E-state index in [2.05, 4.69) is 26.0 Å². The fraction of sp³-hybridized carbons (Fsp3) is 0.324. The van der Waals surface area contributed by atoms with E-state index in [0.29, 0.717) is 27.5 Å². The first-order chi connectivity index (χ1) is 19.8. The molecule has 0 saturated carbocycles. The molecule has 0 bridgehead atoms. The number of likely N-dealkylation sites (tertiary alicyclic amines) is 1. The van der Waals surface area contributed by atoms with Gasteiger partial charge in [0.25, 0.3) is 11.5 Å². The highest BCUT2D eigenvalue weighted by atomic mass is 35.5. The van der Waals surface area contributed by atoms with Crippen LogP contribution >= 0.6 is 11.6 Å². The van der Waals surface area contributed by atoms with Crippen LogP contribution in [0, 0.1) is 0 Å². The van der Waals surface area contributed by atoms with E-state index in [1.165, 1.54) is 0 Å². The zero-order valence-corrected chi connectivity index (χ0v) is 25.0. The summed E-state index contributed by atoms with van der Waals surface area (Å²) < 4.78 is 3.50. The number of nitrogens with zero attached hydrogens (tertiary/aromatic N) is 4. The summed E-state index contributed by atoms with van der Waals surface area (Å²) in [6, 6.07) is 17.2. The molecular formula is C34H37ClN4O2. The molecule has 0 aliphatic carbocycles. The van der Waals surface area contributed by atoms with Crippen molar-refractivity contribution in [2.24, 2.45) is 0 Å². The Hall–Kier alpha value is -3.90. The largest absolute Gasteiger partial charge is 0.339 e. The van der Waals surface area contributed by atoms with Crippen LogP contribution in [-0.2, 0) is 12.8 Å². The Morgan fingerprint density at radius 2 is 1.61 bits per heavy atom. The van der Waals surface area contributed by atoms with Crippen LogP contribution < -0.4 is 5.56 Å². The molecule has 0 spiro atoms. The van der Waals surface area contributed by atoms with Gasteiger partial charge in [-0.3, -0.25) is 14.2 Å². The van der Waals surface area contributed by atoms with E-state index >= 15 is 0 Å². The van der Waals surface area contributed by atoms with Gasteiger partial charge in [-0.25, -0.2) is 4.68 Å². The van der Waals surface area contributed by atoms with Crippen molar-refractivity contribution >= 4 is 23.6 Å². The molecule has 6 nitrogen and oxygen atoms in total. The van der Waals surface area contributed by atoms with Crippen LogP contribution in [0.1, 0.15) is 74.1 Å². The van der Waals surface area contributed by atoms with Crippen molar-refractivity contribution in [2.45, 2.75) is 59.8 Å². The Morgan fingerprint density at radius 1 is 0.951 bits per heavy atom. The molecule has 1 aliphatic heterocycles. The molecule has 1 saturated heterocycles. The lowest BCUT2D eigenvalue weighted by Crippen LogP contribution is -2.37. The Labute approximate surface area is 246 Å². The van der Waals surface area contributed by atoms with Gasteiger partial charge in [0.15, 0.2) is 0 Å². The molecule has 5 rings (SSSR count). The minimum atomic E-state index is -0.190. The van der Waals surface area contributed by atoms with E-state index in [-0.39, 0.29) is 11.5 Å². The number of aryl methyl sites for hydroxylation is 2. The van der Waals surface area contributed by atoms with Crippen LogP contribution in [0.15, 0.2) is 71.2 Å². The second kappa shape index (κ2) is 12.3. The fourth-order valence-electron chi connectivity index (χ4n) is 5.60. The number of hydrogen-bond acceptors (Lipinski definition) is 3. The molecule has 3 heterocycles. The number of amides is 1. The number of rotatable bonds is 7. The third kappa shape index (κ3) is 5.80. The first kappa shape index (κ1) is 28.6. The smallest absolute Gasteiger partial charge is 0.265 e. The quantitative estimate of drug-likeness (QED) is 0.232. The van der Waals surface area contributed by atoms with Crippen LogP contribution in [0.5, 0.6) is 0 Å². The number of benzene rings is 2. The Morgan fingerprint density at radius 3 is 2.22 bits per heavy atom. The molecule has 1 amide bonds. The van der Waals surface area contributed by atoms with E-state index in [0.717, 1.165) is 73.3 Å². The van der Waals surface area contributed by atoms with E-state index in [1.54, 1.807) is 15.3 Å². The van der Waals surface area contributed by atoms with Crippen molar-refractivity contribution in [1.82, 2.24) is 19.2 Å². The van der Waals surface area contributed by atoms with E-state index in [4.69, 9.17) is 16.7 Å². The van der Waals surface area contributed by atoms with Crippen molar-refractivity contribution < 1.29 is 4.79 Å². The molecule has 7 heteroatoms. The summed E-state index contributed by atoms with van der Waals surface area (Å²) in [5.41, 5.74) is 6.71. The summed E-state index contributed by atoms with van der Waals surface area (Å²) in [5.74, 6) is -0.0450. The predicted octanol–water partition coefficient (Wildman–Crippen LogP) is 7.52. The van der Waals surface area contributed by atoms with Crippen LogP contribution in [0.3, 0.4) is 0 Å². The number of carbonyl (C=O) groups excluding carboxylic acids is 1. The fourth-order valence-corrected chi connectivity index (χ4v) is 5.72. The number of hydrogen-bond donors (Lipinski definition) is 0. The maximum Gasteiger partial charge on any atom is 0.265 e. The summed E-state index contributed by atoms with van der Waals surface area (Å²) in [6.07, 6.45) is 8.42. The lowest BCUT2D eigenvalue weighted by atomic mass is 9.99. The molecule has 0 atom stereocenters. The molecule has 2 aromatic carbocycles. The van der Waals surface area contributed by atoms with Crippen molar-refractivity contribution in [3.63, 3.8) is 0 Å². The second-order valence-electron chi connectivity index (χ2n) is 10.8. The summed E-state index contributed by atoms with van der Waals surface area (Å²) in [5, 5.41) is 5.42. The molecule has 212 valence electrons. The molecule has 4 aromatic rings. The average Bonchev–Trinajstić information content (AvgIpc) is 3.47. The number of aromatic nitrogens is 3. The van der Waals surface area contributed by atoms with Gasteiger partial charge in [-0.05, 0) is 99.6 Å². The highest BCUT2D eigenvalue weighted by molar-refractivity contribution is 6.30. The second-order valence-corrected chi connectivity index (χ2v) is 11.3. The van der Waals surface area contributed by atoms with Crippen molar-refractivity contribution in [1.29, 1.82) is 0 Å². The first-order valence-electron chi connectivity index (χ1n) is 14.5. The van der Waals surface area contributed by atoms with Gasteiger partial charge in [0.2, 0.25) is 0 Å². The molecule has 2 aromatic heterocycles. The van der Waals surface area contributed by atoms with Gasteiger partial charge in [0.05, 0.1) is 33.9 Å². The zero-order chi connectivity index (χ0) is 29.1. The lowest BCUT2D eigenvalue weighted by molar-refractivity contribution is 0.0723. The summed E-state index contributed by atoms with van der Waals surface area (Å²) in [4.78, 5) is 30.7. The summed E-state index contributed by atoms with van der Waals surface area (Å²) >= 11 is 6.09. The minimum absolute atomic E-state index is 0.0450. The number of halogens is 1. The number of allylic oxidation sites excluding steroid dienone is 1. The Kier molecular flexibility index (Phi) is 8.60. The number of para-hydroxylation sites is 1. The van der Waals surface area contributed by atoms with Crippen LogP contribution in [0.2, 0.25) is 5.02 Å². The van der Waals surface area contributed by atoms with Gasteiger partial charge in [0, 0.05) is 24.3 Å². The van der Waals surface area contributed by atoms with Gasteiger partial charge >= 0.3 is 0 Å². The van der Waals surface area contributed by atoms with Crippen molar-refractivity contribution in [2.75, 3.05) is 13.1 Å². The topological polar surface area (TPSA) is 60.1 Å². The maximum absolute atomic E-state index is 14.6. The molecule has 41 heavy (non-hydrogen) atoms. The Bertz CT molecular complexity index is 1630. The molecule has 1 fully saturated rings. The molecule has 0 N–H and O–H groups in total. The number of pyridine rings is 1. The van der Waals surface area contributed by atoms with E-state index < -0.39 is 0 Å². The van der Waals surface area contributed by atoms with Gasteiger partial charge in [-0.15, -0.1) is 0 Å². The van der Waals surface area contributed by atoms with Gasteiger partial charge in [0.1, 0.15) is 0 Å². The number of carbonyl (C=O) groups is 1. The van der Waals surface area contributed by atoms with Gasteiger partial charge in [-0.1, -0.05) is 49.2 Å². The summed E-state index contributed by atoms with van der Waals surface area (Å²) in [6.45, 7) is 9.63. The van der Waals surface area contributed by atoms with Crippen LogP contribution in [0.4, 0.5) is 0 Å². The number of piperidine rings is 1. The summed E-state index contributed by atoms with van der Waals surface area (Å²) in [7, 11) is 0. The predicted molar refractivity (Wildman–Crippen MR) is 167 cm³/mol. The monoisotopic (exact) mass is 568 g/mol. The van der Waals surface area contributed by atoms with Crippen LogP contribution in [0.25, 0.3) is 28.7 Å².